The van der Waals surface area contributed by atoms with Crippen molar-refractivity contribution in [1.82, 2.24) is 0 Å². The van der Waals surface area contributed by atoms with Crippen LogP contribution in [-0.4, -0.2) is 18.4 Å². The number of benzene rings is 2. The molecule has 3 heteroatoms. The third kappa shape index (κ3) is 2.50. The number of aryl methyl sites for hydroxylation is 1. The Kier molecular flexibility index (Phi) is 3.79. The molecule has 0 saturated heterocycles. The van der Waals surface area contributed by atoms with Crippen molar-refractivity contribution >= 4 is 32.7 Å². The third-order valence-electron chi connectivity index (χ3n) is 2.73. The molecule has 2 rings (SSSR count). The van der Waals surface area contributed by atoms with E-state index < -0.39 is 0 Å². The predicted molar refractivity (Wildman–Crippen MR) is 72.8 cm³/mol. The SMILES string of the molecule is COC(=O)c1cc(CCBr)c2ccccc2c1. The van der Waals surface area contributed by atoms with Gasteiger partial charge in [0.2, 0.25) is 0 Å². The summed E-state index contributed by atoms with van der Waals surface area (Å²) >= 11 is 3.43. The quantitative estimate of drug-likeness (QED) is 0.639. The summed E-state index contributed by atoms with van der Waals surface area (Å²) in [5.41, 5.74) is 1.78. The van der Waals surface area contributed by atoms with Gasteiger partial charge in [-0.25, -0.2) is 4.79 Å². The second-order valence-corrected chi connectivity index (χ2v) is 4.58. The van der Waals surface area contributed by atoms with Gasteiger partial charge in [-0.3, -0.25) is 0 Å². The molecule has 0 amide bonds. The van der Waals surface area contributed by atoms with Gasteiger partial charge in [0.25, 0.3) is 0 Å². The van der Waals surface area contributed by atoms with Crippen molar-refractivity contribution in [2.75, 3.05) is 12.4 Å². The summed E-state index contributed by atoms with van der Waals surface area (Å²) in [4.78, 5) is 11.6. The van der Waals surface area contributed by atoms with Gasteiger partial charge in [0.05, 0.1) is 12.7 Å². The van der Waals surface area contributed by atoms with E-state index >= 15 is 0 Å². The number of ether oxygens (including phenoxy) is 1. The summed E-state index contributed by atoms with van der Waals surface area (Å²) in [7, 11) is 1.40. The number of carbonyl (C=O) groups is 1. The number of alkyl halides is 1. The van der Waals surface area contributed by atoms with E-state index in [1.54, 1.807) is 0 Å². The van der Waals surface area contributed by atoms with E-state index in [2.05, 4.69) is 22.0 Å². The van der Waals surface area contributed by atoms with Crippen molar-refractivity contribution < 1.29 is 9.53 Å². The average molecular weight is 293 g/mol. The zero-order chi connectivity index (χ0) is 12.3. The lowest BCUT2D eigenvalue weighted by Crippen LogP contribution is -2.02. The van der Waals surface area contributed by atoms with Gasteiger partial charge in [-0.05, 0) is 34.9 Å². The molecule has 2 aromatic rings. The summed E-state index contributed by atoms with van der Waals surface area (Å²) < 4.78 is 4.77. The van der Waals surface area contributed by atoms with E-state index in [-0.39, 0.29) is 5.97 Å². The van der Waals surface area contributed by atoms with E-state index in [1.165, 1.54) is 18.1 Å². The smallest absolute Gasteiger partial charge is 0.337 e. The highest BCUT2D eigenvalue weighted by Gasteiger charge is 2.09. The first-order valence-electron chi connectivity index (χ1n) is 5.42. The van der Waals surface area contributed by atoms with Gasteiger partial charge in [-0.15, -0.1) is 0 Å². The highest BCUT2D eigenvalue weighted by molar-refractivity contribution is 9.09. The fourth-order valence-electron chi connectivity index (χ4n) is 1.93. The number of rotatable bonds is 3. The molecule has 17 heavy (non-hydrogen) atoms. The minimum Gasteiger partial charge on any atom is -0.465 e. The zero-order valence-electron chi connectivity index (χ0n) is 9.57. The molecule has 0 unspecified atom stereocenters. The van der Waals surface area contributed by atoms with Gasteiger partial charge < -0.3 is 4.74 Å². The van der Waals surface area contributed by atoms with Crippen molar-refractivity contribution in [1.29, 1.82) is 0 Å². The Balaban J connectivity index is 2.62. The van der Waals surface area contributed by atoms with Crippen LogP contribution in [0.1, 0.15) is 15.9 Å². The van der Waals surface area contributed by atoms with E-state index in [1.807, 2.05) is 30.3 Å². The zero-order valence-corrected chi connectivity index (χ0v) is 11.2. The molecular formula is C14H13BrO2. The summed E-state index contributed by atoms with van der Waals surface area (Å²) in [5.74, 6) is -0.286. The Morgan fingerprint density at radius 2 is 2.06 bits per heavy atom. The molecule has 0 aliphatic carbocycles. The van der Waals surface area contributed by atoms with Crippen molar-refractivity contribution in [2.45, 2.75) is 6.42 Å². The van der Waals surface area contributed by atoms with E-state index in [4.69, 9.17) is 4.74 Å². The lowest BCUT2D eigenvalue weighted by molar-refractivity contribution is 0.0601. The maximum Gasteiger partial charge on any atom is 0.337 e. The van der Waals surface area contributed by atoms with E-state index in [9.17, 15) is 4.79 Å². The van der Waals surface area contributed by atoms with Gasteiger partial charge in [0.15, 0.2) is 0 Å². The number of esters is 1. The molecule has 2 nitrogen and oxygen atoms in total. The van der Waals surface area contributed by atoms with Gasteiger partial charge in [0, 0.05) is 5.33 Å². The van der Waals surface area contributed by atoms with Gasteiger partial charge in [-0.2, -0.15) is 0 Å². The molecule has 0 aliphatic rings. The van der Waals surface area contributed by atoms with Crippen LogP contribution in [0.3, 0.4) is 0 Å². The third-order valence-corrected chi connectivity index (χ3v) is 3.13. The van der Waals surface area contributed by atoms with Crippen LogP contribution in [0, 0.1) is 0 Å². The molecule has 0 radical (unpaired) electrons. The Bertz CT molecular complexity index is 549. The molecule has 0 aromatic heterocycles. The van der Waals surface area contributed by atoms with Crippen LogP contribution in [0.25, 0.3) is 10.8 Å². The first kappa shape index (κ1) is 12.1. The van der Waals surface area contributed by atoms with Crippen molar-refractivity contribution in [3.63, 3.8) is 0 Å². The number of halogens is 1. The summed E-state index contributed by atoms with van der Waals surface area (Å²) in [6.45, 7) is 0. The van der Waals surface area contributed by atoms with Gasteiger partial charge >= 0.3 is 5.97 Å². The molecule has 0 N–H and O–H groups in total. The summed E-state index contributed by atoms with van der Waals surface area (Å²) in [6, 6.07) is 11.9. The molecule has 0 fully saturated rings. The van der Waals surface area contributed by atoms with E-state index in [0.29, 0.717) is 5.56 Å². The van der Waals surface area contributed by atoms with Crippen LogP contribution in [-0.2, 0) is 11.2 Å². The predicted octanol–water partition coefficient (Wildman–Crippen LogP) is 3.56. The van der Waals surface area contributed by atoms with Crippen molar-refractivity contribution in [2.24, 2.45) is 0 Å². The molecule has 2 aromatic carbocycles. The lowest BCUT2D eigenvalue weighted by Gasteiger charge is -2.08. The Morgan fingerprint density at radius 3 is 2.76 bits per heavy atom. The highest BCUT2D eigenvalue weighted by atomic mass is 79.9. The fraction of sp³-hybridized carbons (Fsp3) is 0.214. The number of carbonyl (C=O) groups excluding carboxylic acids is 1. The summed E-state index contributed by atoms with van der Waals surface area (Å²) in [6.07, 6.45) is 0.894. The standard InChI is InChI=1S/C14H13BrO2/c1-17-14(16)12-8-10-4-2-3-5-13(10)11(9-12)6-7-15/h2-5,8-9H,6-7H2,1H3. The van der Waals surface area contributed by atoms with E-state index in [0.717, 1.165) is 17.1 Å². The maximum atomic E-state index is 11.6. The number of methoxy groups -OCH3 is 1. The molecule has 0 aliphatic heterocycles. The number of hydrogen-bond donors (Lipinski definition) is 0. The Morgan fingerprint density at radius 1 is 1.29 bits per heavy atom. The van der Waals surface area contributed by atoms with Gasteiger partial charge in [0.1, 0.15) is 0 Å². The number of hydrogen-bond acceptors (Lipinski definition) is 2. The van der Waals surface area contributed by atoms with Crippen LogP contribution in [0.4, 0.5) is 0 Å². The first-order chi connectivity index (χ1) is 8.26. The van der Waals surface area contributed by atoms with Crippen LogP contribution in [0.15, 0.2) is 36.4 Å². The summed E-state index contributed by atoms with van der Waals surface area (Å²) in [5, 5.41) is 3.15. The molecule has 0 heterocycles. The highest BCUT2D eigenvalue weighted by Crippen LogP contribution is 2.22. The first-order valence-corrected chi connectivity index (χ1v) is 6.54. The second kappa shape index (κ2) is 5.32. The Hall–Kier alpha value is -1.35. The molecule has 0 bridgehead atoms. The lowest BCUT2D eigenvalue weighted by atomic mass is 9.99. The maximum absolute atomic E-state index is 11.6. The molecule has 0 spiro atoms. The molecule has 88 valence electrons. The minimum atomic E-state index is -0.286. The van der Waals surface area contributed by atoms with Crippen LogP contribution in [0.5, 0.6) is 0 Å². The fourth-order valence-corrected chi connectivity index (χ4v) is 2.36. The topological polar surface area (TPSA) is 26.3 Å². The van der Waals surface area contributed by atoms with Crippen LogP contribution in [0.2, 0.25) is 0 Å². The second-order valence-electron chi connectivity index (χ2n) is 3.79. The van der Waals surface area contributed by atoms with Crippen molar-refractivity contribution in [3.05, 3.63) is 47.5 Å². The molecule has 0 saturated carbocycles. The minimum absolute atomic E-state index is 0.286. The number of fused-ring (bicyclic) bond motifs is 1. The van der Waals surface area contributed by atoms with Crippen molar-refractivity contribution in [3.8, 4) is 0 Å². The molecular weight excluding hydrogens is 280 g/mol. The van der Waals surface area contributed by atoms with Gasteiger partial charge in [-0.1, -0.05) is 40.2 Å². The molecule has 0 atom stereocenters. The normalized spacial score (nSPS) is 10.5. The average Bonchev–Trinajstić information content (AvgIpc) is 2.38. The monoisotopic (exact) mass is 292 g/mol. The Labute approximate surface area is 109 Å². The largest absolute Gasteiger partial charge is 0.465 e. The van der Waals surface area contributed by atoms with Crippen LogP contribution >= 0.6 is 15.9 Å². The van der Waals surface area contributed by atoms with Crippen LogP contribution < -0.4 is 0 Å².